The molecule has 0 saturated heterocycles. The molecule has 2 heteroatoms. The minimum Gasteiger partial charge on any atom is -0.269 e. The SMILES string of the molecule is CC=N/C=C\S. The van der Waals surface area contributed by atoms with E-state index in [9.17, 15) is 0 Å². The van der Waals surface area contributed by atoms with Gasteiger partial charge in [-0.3, -0.25) is 4.99 Å². The molecule has 0 saturated carbocycles. The summed E-state index contributed by atoms with van der Waals surface area (Å²) in [6.07, 6.45) is 3.32. The van der Waals surface area contributed by atoms with Crippen molar-refractivity contribution in [1.29, 1.82) is 0 Å². The van der Waals surface area contributed by atoms with Gasteiger partial charge in [0.2, 0.25) is 0 Å². The highest BCUT2D eigenvalue weighted by molar-refractivity contribution is 7.83. The first-order valence-corrected chi connectivity index (χ1v) is 2.20. The summed E-state index contributed by atoms with van der Waals surface area (Å²) < 4.78 is 0. The van der Waals surface area contributed by atoms with Gasteiger partial charge < -0.3 is 0 Å². The number of hydrogen-bond donors (Lipinski definition) is 1. The molecular formula is C4H7NS. The minimum atomic E-state index is 1.58. The monoisotopic (exact) mass is 101 g/mol. The fourth-order valence-electron chi connectivity index (χ4n) is 0.125. The van der Waals surface area contributed by atoms with Gasteiger partial charge >= 0.3 is 0 Å². The summed E-state index contributed by atoms with van der Waals surface area (Å²) in [6, 6.07) is 0. The zero-order valence-corrected chi connectivity index (χ0v) is 4.52. The molecule has 0 heterocycles. The van der Waals surface area contributed by atoms with Crippen molar-refractivity contribution < 1.29 is 0 Å². The van der Waals surface area contributed by atoms with E-state index in [1.54, 1.807) is 17.8 Å². The maximum absolute atomic E-state index is 3.76. The van der Waals surface area contributed by atoms with Crippen LogP contribution in [0.4, 0.5) is 0 Å². The van der Waals surface area contributed by atoms with Gasteiger partial charge in [0.05, 0.1) is 0 Å². The second-order valence-electron chi connectivity index (χ2n) is 0.705. The van der Waals surface area contributed by atoms with Crippen LogP contribution in [0.15, 0.2) is 16.6 Å². The molecule has 0 unspecified atom stereocenters. The predicted molar refractivity (Wildman–Crippen MR) is 32.3 cm³/mol. The van der Waals surface area contributed by atoms with Crippen molar-refractivity contribution in [1.82, 2.24) is 0 Å². The third-order valence-corrected chi connectivity index (χ3v) is 0.435. The molecule has 0 aliphatic rings. The summed E-state index contributed by atoms with van der Waals surface area (Å²) in [5, 5.41) is 1.58. The van der Waals surface area contributed by atoms with Crippen LogP contribution in [0.2, 0.25) is 0 Å². The standard InChI is InChI=1S/C4H7NS/c1-2-5-3-4-6/h2-4,6H,1H3/b4-3-,5-2?. The Kier molecular flexibility index (Phi) is 4.57. The summed E-state index contributed by atoms with van der Waals surface area (Å²) in [6.45, 7) is 1.85. The van der Waals surface area contributed by atoms with Crippen LogP contribution in [0.1, 0.15) is 6.92 Å². The van der Waals surface area contributed by atoms with Crippen molar-refractivity contribution in [2.45, 2.75) is 6.92 Å². The normalized spacial score (nSPS) is 11.7. The highest BCUT2D eigenvalue weighted by Gasteiger charge is 1.48. The van der Waals surface area contributed by atoms with Crippen molar-refractivity contribution in [2.24, 2.45) is 4.99 Å². The summed E-state index contributed by atoms with van der Waals surface area (Å²) in [7, 11) is 0. The van der Waals surface area contributed by atoms with E-state index in [4.69, 9.17) is 0 Å². The maximum Gasteiger partial charge on any atom is 0.0324 e. The van der Waals surface area contributed by atoms with Crippen LogP contribution in [0.25, 0.3) is 0 Å². The smallest absolute Gasteiger partial charge is 0.0324 e. The van der Waals surface area contributed by atoms with Crippen molar-refractivity contribution in [3.05, 3.63) is 11.6 Å². The molecule has 0 aliphatic carbocycles. The highest BCUT2D eigenvalue weighted by atomic mass is 32.1. The summed E-state index contributed by atoms with van der Waals surface area (Å²) >= 11 is 3.76. The fourth-order valence-corrected chi connectivity index (χ4v) is 0.202. The highest BCUT2D eigenvalue weighted by Crippen LogP contribution is 1.74. The Morgan fingerprint density at radius 3 is 2.50 bits per heavy atom. The predicted octanol–water partition coefficient (Wildman–Crippen LogP) is 1.48. The third kappa shape index (κ3) is 3.76. The van der Waals surface area contributed by atoms with Crippen LogP contribution in [-0.2, 0) is 0 Å². The van der Waals surface area contributed by atoms with E-state index in [-0.39, 0.29) is 0 Å². The summed E-state index contributed by atoms with van der Waals surface area (Å²) in [5.74, 6) is 0. The zero-order chi connectivity index (χ0) is 4.83. The van der Waals surface area contributed by atoms with Crippen LogP contribution >= 0.6 is 12.6 Å². The lowest BCUT2D eigenvalue weighted by atomic mass is 10.9. The average Bonchev–Trinajstić information content (AvgIpc) is 1.61. The molecule has 0 aromatic carbocycles. The van der Waals surface area contributed by atoms with E-state index in [2.05, 4.69) is 17.6 Å². The van der Waals surface area contributed by atoms with E-state index < -0.39 is 0 Å². The van der Waals surface area contributed by atoms with Crippen LogP contribution in [-0.4, -0.2) is 6.21 Å². The molecule has 0 atom stereocenters. The number of thiol groups is 1. The van der Waals surface area contributed by atoms with E-state index in [1.165, 1.54) is 0 Å². The van der Waals surface area contributed by atoms with Crippen molar-refractivity contribution in [3.8, 4) is 0 Å². The van der Waals surface area contributed by atoms with Gasteiger partial charge in [-0.25, -0.2) is 0 Å². The molecule has 1 nitrogen and oxygen atoms in total. The van der Waals surface area contributed by atoms with Gasteiger partial charge in [0, 0.05) is 12.4 Å². The lowest BCUT2D eigenvalue weighted by Gasteiger charge is -1.64. The molecule has 0 aliphatic heterocycles. The van der Waals surface area contributed by atoms with E-state index in [1.807, 2.05) is 6.92 Å². The Labute approximate surface area is 43.2 Å². The van der Waals surface area contributed by atoms with Crippen LogP contribution < -0.4 is 0 Å². The van der Waals surface area contributed by atoms with Crippen molar-refractivity contribution >= 4 is 18.8 Å². The van der Waals surface area contributed by atoms with E-state index in [0.717, 1.165) is 0 Å². The Hall–Kier alpha value is -0.240. The van der Waals surface area contributed by atoms with Gasteiger partial charge in [0.25, 0.3) is 0 Å². The summed E-state index contributed by atoms with van der Waals surface area (Å²) in [4.78, 5) is 3.71. The fraction of sp³-hybridized carbons (Fsp3) is 0.250. The topological polar surface area (TPSA) is 12.4 Å². The third-order valence-electron chi connectivity index (χ3n) is 0.302. The number of aliphatic imine (C=N–C) groups is 1. The van der Waals surface area contributed by atoms with Crippen molar-refractivity contribution in [2.75, 3.05) is 0 Å². The molecule has 0 fully saturated rings. The quantitative estimate of drug-likeness (QED) is 0.379. The Balaban J connectivity index is 3.07. The largest absolute Gasteiger partial charge is 0.269 e. The molecule has 0 aromatic rings. The van der Waals surface area contributed by atoms with Gasteiger partial charge in [-0.15, -0.1) is 12.6 Å². The first-order chi connectivity index (χ1) is 2.91. The Morgan fingerprint density at radius 1 is 1.67 bits per heavy atom. The maximum atomic E-state index is 3.76. The molecular weight excluding hydrogens is 94.1 g/mol. The summed E-state index contributed by atoms with van der Waals surface area (Å²) in [5.41, 5.74) is 0. The molecule has 0 radical (unpaired) electrons. The molecule has 0 N–H and O–H groups in total. The van der Waals surface area contributed by atoms with Crippen LogP contribution in [0, 0.1) is 0 Å². The Bertz CT molecular complexity index is 55.9. The first-order valence-electron chi connectivity index (χ1n) is 1.69. The van der Waals surface area contributed by atoms with Gasteiger partial charge in [-0.2, -0.15) is 0 Å². The average molecular weight is 101 g/mol. The van der Waals surface area contributed by atoms with Crippen LogP contribution in [0.3, 0.4) is 0 Å². The molecule has 0 aromatic heterocycles. The first kappa shape index (κ1) is 5.76. The lowest BCUT2D eigenvalue weighted by molar-refractivity contribution is 1.60. The minimum absolute atomic E-state index is 1.58. The van der Waals surface area contributed by atoms with Crippen LogP contribution in [0.5, 0.6) is 0 Å². The second kappa shape index (κ2) is 4.76. The van der Waals surface area contributed by atoms with Gasteiger partial charge in [0.15, 0.2) is 0 Å². The molecule has 0 spiro atoms. The Morgan fingerprint density at radius 2 is 2.33 bits per heavy atom. The number of hydrogen-bond acceptors (Lipinski definition) is 2. The van der Waals surface area contributed by atoms with E-state index in [0.29, 0.717) is 0 Å². The molecule has 34 valence electrons. The molecule has 0 rings (SSSR count). The van der Waals surface area contributed by atoms with E-state index >= 15 is 0 Å². The van der Waals surface area contributed by atoms with Crippen molar-refractivity contribution in [3.63, 3.8) is 0 Å². The van der Waals surface area contributed by atoms with Gasteiger partial charge in [-0.1, -0.05) is 0 Å². The number of rotatable bonds is 1. The molecule has 6 heavy (non-hydrogen) atoms. The number of nitrogens with zero attached hydrogens (tertiary/aromatic N) is 1. The van der Waals surface area contributed by atoms with Gasteiger partial charge in [-0.05, 0) is 12.3 Å². The lowest BCUT2D eigenvalue weighted by Crippen LogP contribution is -1.48. The zero-order valence-electron chi connectivity index (χ0n) is 3.63. The molecule has 0 amide bonds. The second-order valence-corrected chi connectivity index (χ2v) is 1.00. The molecule has 0 bridgehead atoms. The van der Waals surface area contributed by atoms with Gasteiger partial charge in [0.1, 0.15) is 0 Å².